The van der Waals surface area contributed by atoms with Crippen molar-refractivity contribution in [3.8, 4) is 0 Å². The monoisotopic (exact) mass is 405 g/mol. The Hall–Kier alpha value is -1.44. The number of nitrogens with zero attached hydrogens (tertiary/aromatic N) is 1. The van der Waals surface area contributed by atoms with Crippen LogP contribution in [0.25, 0.3) is 0 Å². The van der Waals surface area contributed by atoms with Gasteiger partial charge in [0.1, 0.15) is 0 Å². The number of hydrogen-bond acceptors (Lipinski definition) is 4. The number of nitrogens with two attached hydrogens (primary N) is 1. The van der Waals surface area contributed by atoms with Gasteiger partial charge in [0.15, 0.2) is 0 Å². The molecular weight excluding hydrogens is 374 g/mol. The smallest absolute Gasteiger partial charge is 0.241 e. The predicted octanol–water partition coefficient (Wildman–Crippen LogP) is 2.38. The van der Waals surface area contributed by atoms with Gasteiger partial charge in [0.2, 0.25) is 15.9 Å². The summed E-state index contributed by atoms with van der Waals surface area (Å²) in [6.45, 7) is 2.81. The van der Waals surface area contributed by atoms with Crippen molar-refractivity contribution in [2.45, 2.75) is 69.1 Å². The van der Waals surface area contributed by atoms with Crippen LogP contribution in [-0.4, -0.2) is 44.1 Å². The molecule has 0 aromatic heterocycles. The van der Waals surface area contributed by atoms with E-state index in [1.807, 2.05) is 11.9 Å². The van der Waals surface area contributed by atoms with Crippen LogP contribution in [0, 0.1) is 5.92 Å². The Morgan fingerprint density at radius 1 is 1.25 bits per heavy atom. The Bertz CT molecular complexity index is 879. The predicted molar refractivity (Wildman–Crippen MR) is 111 cm³/mol. The summed E-state index contributed by atoms with van der Waals surface area (Å²) in [7, 11) is -1.75. The van der Waals surface area contributed by atoms with Gasteiger partial charge in [0.05, 0.1) is 11.3 Å². The van der Waals surface area contributed by atoms with Crippen molar-refractivity contribution in [1.29, 1.82) is 0 Å². The van der Waals surface area contributed by atoms with Gasteiger partial charge in [-0.3, -0.25) is 9.69 Å². The SMILES string of the molecule is CC(c1ccc2c(c1NC(=O)C1CC(S(N)(=O)=O)CCN1C)CCC2)C1CC1. The standard InChI is InChI=1S/C21H31N3O3S/c1-13(14-6-7-14)17-9-8-15-4-3-5-18(15)20(17)23-21(25)19-12-16(28(22,26)27)10-11-24(19)2/h8-9,13-14,16,19H,3-7,10-12H2,1-2H3,(H,23,25)(H2,22,26,27). The van der Waals surface area contributed by atoms with Gasteiger partial charge in [-0.2, -0.15) is 0 Å². The number of likely N-dealkylation sites (N-methyl/N-ethyl adjacent to an activating group) is 1. The Labute approximate surface area is 167 Å². The molecule has 3 unspecified atom stereocenters. The lowest BCUT2D eigenvalue weighted by Gasteiger charge is -2.35. The van der Waals surface area contributed by atoms with Crippen molar-refractivity contribution >= 4 is 21.6 Å². The largest absolute Gasteiger partial charge is 0.324 e. The lowest BCUT2D eigenvalue weighted by Crippen LogP contribution is -2.51. The fourth-order valence-electron chi connectivity index (χ4n) is 4.92. The molecular formula is C21H31N3O3S. The second-order valence-corrected chi connectivity index (χ2v) is 10.7. The van der Waals surface area contributed by atoms with E-state index in [9.17, 15) is 13.2 Å². The molecule has 2 fully saturated rings. The first-order valence-electron chi connectivity index (χ1n) is 10.4. The Balaban J connectivity index is 1.61. The Kier molecular flexibility index (Phi) is 5.27. The summed E-state index contributed by atoms with van der Waals surface area (Å²) >= 11 is 0. The molecule has 1 aromatic carbocycles. The van der Waals surface area contributed by atoms with Crippen molar-refractivity contribution < 1.29 is 13.2 Å². The van der Waals surface area contributed by atoms with E-state index in [2.05, 4.69) is 24.4 Å². The maximum Gasteiger partial charge on any atom is 0.241 e. The van der Waals surface area contributed by atoms with Crippen LogP contribution in [0.15, 0.2) is 12.1 Å². The number of benzene rings is 1. The first-order valence-corrected chi connectivity index (χ1v) is 12.0. The number of primary sulfonamides is 1. The summed E-state index contributed by atoms with van der Waals surface area (Å²) in [5.41, 5.74) is 4.84. The molecule has 0 bridgehead atoms. The number of hydrogen-bond donors (Lipinski definition) is 2. The zero-order chi connectivity index (χ0) is 20.1. The first kappa shape index (κ1) is 19.9. The molecule has 28 heavy (non-hydrogen) atoms. The summed E-state index contributed by atoms with van der Waals surface area (Å²) in [5, 5.41) is 7.95. The number of nitrogens with one attached hydrogen (secondary N) is 1. The normalized spacial score (nSPS) is 26.7. The second-order valence-electron chi connectivity index (χ2n) is 8.87. The van der Waals surface area contributed by atoms with Crippen molar-refractivity contribution in [2.75, 3.05) is 18.9 Å². The maximum absolute atomic E-state index is 13.2. The lowest BCUT2D eigenvalue weighted by atomic mass is 9.90. The van der Waals surface area contributed by atoms with Gasteiger partial charge in [0, 0.05) is 5.69 Å². The van der Waals surface area contributed by atoms with Gasteiger partial charge in [-0.05, 0) is 87.1 Å². The van der Waals surface area contributed by atoms with Crippen molar-refractivity contribution in [1.82, 2.24) is 4.90 Å². The Morgan fingerprint density at radius 2 is 2.00 bits per heavy atom. The molecule has 3 N–H and O–H groups in total. The summed E-state index contributed by atoms with van der Waals surface area (Å²) in [6.07, 6.45) is 6.42. The number of carbonyl (C=O) groups excluding carboxylic acids is 1. The van der Waals surface area contributed by atoms with E-state index in [0.717, 1.165) is 24.9 Å². The average molecular weight is 406 g/mol. The van der Waals surface area contributed by atoms with E-state index < -0.39 is 21.3 Å². The zero-order valence-electron chi connectivity index (χ0n) is 16.8. The summed E-state index contributed by atoms with van der Waals surface area (Å²) in [5.74, 6) is 1.03. The third-order valence-electron chi connectivity index (χ3n) is 6.97. The summed E-state index contributed by atoms with van der Waals surface area (Å²) in [4.78, 5) is 15.2. The van der Waals surface area contributed by atoms with Crippen LogP contribution in [0.1, 0.15) is 61.6 Å². The molecule has 0 radical (unpaired) electrons. The first-order chi connectivity index (χ1) is 13.3. The highest BCUT2D eigenvalue weighted by Crippen LogP contribution is 2.46. The van der Waals surface area contributed by atoms with Crippen molar-refractivity contribution in [3.05, 3.63) is 28.8 Å². The fraction of sp³-hybridized carbons (Fsp3) is 0.667. The number of aryl methyl sites for hydroxylation is 1. The maximum atomic E-state index is 13.2. The van der Waals surface area contributed by atoms with Crippen LogP contribution in [0.4, 0.5) is 5.69 Å². The number of carbonyl (C=O) groups is 1. The van der Waals surface area contributed by atoms with Crippen molar-refractivity contribution in [2.24, 2.45) is 11.1 Å². The number of sulfonamides is 1. The zero-order valence-corrected chi connectivity index (χ0v) is 17.6. The number of piperidine rings is 1. The fourth-order valence-corrected chi connectivity index (χ4v) is 5.81. The molecule has 7 heteroatoms. The van der Waals surface area contributed by atoms with E-state index in [4.69, 9.17) is 5.14 Å². The quantitative estimate of drug-likeness (QED) is 0.787. The van der Waals surface area contributed by atoms with Gasteiger partial charge in [-0.1, -0.05) is 19.1 Å². The van der Waals surface area contributed by atoms with Crippen LogP contribution in [0.2, 0.25) is 0 Å². The molecule has 1 saturated carbocycles. The van der Waals surface area contributed by atoms with Crippen LogP contribution in [0.5, 0.6) is 0 Å². The third-order valence-corrected chi connectivity index (χ3v) is 8.33. The highest BCUT2D eigenvalue weighted by molar-refractivity contribution is 7.89. The molecule has 3 atom stereocenters. The second kappa shape index (κ2) is 7.43. The van der Waals surface area contributed by atoms with E-state index in [-0.39, 0.29) is 12.3 Å². The molecule has 2 aliphatic carbocycles. The van der Waals surface area contributed by atoms with Gasteiger partial charge in [-0.25, -0.2) is 13.6 Å². The number of amides is 1. The van der Waals surface area contributed by atoms with E-state index in [1.54, 1.807) is 0 Å². The van der Waals surface area contributed by atoms with E-state index in [0.29, 0.717) is 24.8 Å². The highest BCUT2D eigenvalue weighted by atomic mass is 32.2. The molecule has 1 aliphatic heterocycles. The molecule has 4 rings (SSSR count). The molecule has 1 aromatic rings. The van der Waals surface area contributed by atoms with Gasteiger partial charge < -0.3 is 5.32 Å². The molecule has 1 amide bonds. The van der Waals surface area contributed by atoms with Crippen LogP contribution >= 0.6 is 0 Å². The highest BCUT2D eigenvalue weighted by Gasteiger charge is 2.37. The Morgan fingerprint density at radius 3 is 2.68 bits per heavy atom. The third kappa shape index (κ3) is 3.84. The minimum atomic E-state index is -3.63. The minimum absolute atomic E-state index is 0.111. The molecule has 1 saturated heterocycles. The van der Waals surface area contributed by atoms with Crippen molar-refractivity contribution in [3.63, 3.8) is 0 Å². The number of fused-ring (bicyclic) bond motifs is 1. The lowest BCUT2D eigenvalue weighted by molar-refractivity contribution is -0.121. The number of rotatable bonds is 5. The molecule has 0 spiro atoms. The van der Waals surface area contributed by atoms with Gasteiger partial charge in [-0.15, -0.1) is 0 Å². The number of likely N-dealkylation sites (tertiary alicyclic amines) is 1. The summed E-state index contributed by atoms with van der Waals surface area (Å²) in [6, 6.07) is 3.95. The average Bonchev–Trinajstić information content (AvgIpc) is 3.38. The molecule has 1 heterocycles. The van der Waals surface area contributed by atoms with Crippen LogP contribution < -0.4 is 10.5 Å². The molecule has 6 nitrogen and oxygen atoms in total. The van der Waals surface area contributed by atoms with E-state index >= 15 is 0 Å². The van der Waals surface area contributed by atoms with Crippen LogP contribution in [-0.2, 0) is 27.7 Å². The van der Waals surface area contributed by atoms with Crippen LogP contribution in [0.3, 0.4) is 0 Å². The van der Waals surface area contributed by atoms with E-state index in [1.165, 1.54) is 29.5 Å². The topological polar surface area (TPSA) is 92.5 Å². The van der Waals surface area contributed by atoms with Gasteiger partial charge in [0.25, 0.3) is 0 Å². The van der Waals surface area contributed by atoms with Gasteiger partial charge >= 0.3 is 0 Å². The molecule has 154 valence electrons. The minimum Gasteiger partial charge on any atom is -0.324 e. The molecule has 3 aliphatic rings. The summed E-state index contributed by atoms with van der Waals surface area (Å²) < 4.78 is 23.7. The number of anilines is 1.